The van der Waals surface area contributed by atoms with Gasteiger partial charge < -0.3 is 0 Å². The molecule has 0 saturated carbocycles. The Morgan fingerprint density at radius 2 is 0.950 bits per heavy atom. The smallest absolute Gasteiger partial charge is 0.0768 e. The van der Waals surface area contributed by atoms with Crippen LogP contribution < -0.4 is 0 Å². The lowest BCUT2D eigenvalue weighted by atomic mass is 10.2. The molecule has 0 spiro atoms. The third-order valence-electron chi connectivity index (χ3n) is 3.61. The molecule has 0 heterocycles. The fourth-order valence-corrected chi connectivity index (χ4v) is 4.83. The molecule has 0 N–H and O–H groups in total. The molecule has 2 unspecified atom stereocenters. The first-order valence-electron chi connectivity index (χ1n) is 8.14. The van der Waals surface area contributed by atoms with Crippen molar-refractivity contribution in [2.24, 2.45) is 0 Å². The maximum Gasteiger partial charge on any atom is 0.0768 e. The summed E-state index contributed by atoms with van der Waals surface area (Å²) in [5, 5.41) is 0. The Morgan fingerprint density at radius 3 is 1.15 bits per heavy atom. The highest BCUT2D eigenvalue weighted by atomic mass is 32.2. The predicted octanol–water partition coefficient (Wildman–Crippen LogP) is 5.65. The van der Waals surface area contributed by atoms with Crippen molar-refractivity contribution in [3.05, 3.63) is 0 Å². The van der Waals surface area contributed by atoms with E-state index in [1.54, 1.807) is 0 Å². The molecule has 0 rings (SSSR count). The molecule has 0 aromatic heterocycles. The Balaban J connectivity index is 4.60. The van der Waals surface area contributed by atoms with Crippen LogP contribution in [0.2, 0.25) is 0 Å². The summed E-state index contributed by atoms with van der Waals surface area (Å²) in [6, 6.07) is 2.46. The first kappa shape index (κ1) is 20.6. The lowest BCUT2D eigenvalue weighted by molar-refractivity contribution is 0.306. The minimum atomic E-state index is 0.558. The Kier molecular flexibility index (Phi) is 10.7. The quantitative estimate of drug-likeness (QED) is 0.379. The zero-order valence-corrected chi connectivity index (χ0v) is 16.6. The predicted molar refractivity (Wildman–Crippen MR) is 98.1 cm³/mol. The highest BCUT2D eigenvalue weighted by Crippen LogP contribution is 2.35. The zero-order valence-electron chi connectivity index (χ0n) is 15.0. The Hall–Kier alpha value is 0.620. The normalized spacial score (nSPS) is 17.2. The number of rotatable bonds is 10. The van der Waals surface area contributed by atoms with Gasteiger partial charge >= 0.3 is 0 Å². The van der Waals surface area contributed by atoms with Crippen molar-refractivity contribution in [1.29, 1.82) is 0 Å². The van der Waals surface area contributed by atoms with E-state index in [1.807, 2.05) is 23.9 Å². The van der Waals surface area contributed by atoms with Gasteiger partial charge in [0.25, 0.3) is 0 Å². The molecule has 0 bridgehead atoms. The average molecular weight is 321 g/mol. The van der Waals surface area contributed by atoms with Crippen LogP contribution in [0.4, 0.5) is 0 Å². The SMILES string of the molecule is CCC(C)N(SC(C)SN(C(C)C)C(C)CC)C(C)C. The molecule has 122 valence electrons. The largest absolute Gasteiger partial charge is 0.244 e. The van der Waals surface area contributed by atoms with Gasteiger partial charge in [-0.3, -0.25) is 0 Å². The summed E-state index contributed by atoms with van der Waals surface area (Å²) >= 11 is 4.03. The first-order chi connectivity index (χ1) is 9.24. The molecule has 0 aromatic carbocycles. The van der Waals surface area contributed by atoms with Gasteiger partial charge in [0.15, 0.2) is 0 Å². The van der Waals surface area contributed by atoms with Crippen LogP contribution in [0.25, 0.3) is 0 Å². The monoisotopic (exact) mass is 320 g/mol. The van der Waals surface area contributed by atoms with Crippen molar-refractivity contribution < 1.29 is 0 Å². The van der Waals surface area contributed by atoms with Crippen molar-refractivity contribution in [3.8, 4) is 0 Å². The summed E-state index contributed by atoms with van der Waals surface area (Å²) in [5.74, 6) is 0. The Morgan fingerprint density at radius 1 is 0.650 bits per heavy atom. The summed E-state index contributed by atoms with van der Waals surface area (Å²) in [5.41, 5.74) is 0. The lowest BCUT2D eigenvalue weighted by Crippen LogP contribution is -2.36. The Labute approximate surface area is 136 Å². The first-order valence-corrected chi connectivity index (χ1v) is 9.81. The van der Waals surface area contributed by atoms with Crippen LogP contribution in [0.5, 0.6) is 0 Å². The van der Waals surface area contributed by atoms with Crippen molar-refractivity contribution in [1.82, 2.24) is 8.61 Å². The van der Waals surface area contributed by atoms with E-state index < -0.39 is 0 Å². The molecule has 0 aliphatic carbocycles. The van der Waals surface area contributed by atoms with Gasteiger partial charge in [-0.2, -0.15) is 0 Å². The molecule has 0 saturated heterocycles. The zero-order chi connectivity index (χ0) is 15.9. The second-order valence-corrected chi connectivity index (χ2v) is 9.18. The van der Waals surface area contributed by atoms with Gasteiger partial charge in [0.05, 0.1) is 4.58 Å². The molecule has 2 nitrogen and oxygen atoms in total. The summed E-state index contributed by atoms with van der Waals surface area (Å²) in [7, 11) is 0. The van der Waals surface area contributed by atoms with Gasteiger partial charge in [0.1, 0.15) is 0 Å². The van der Waals surface area contributed by atoms with Gasteiger partial charge in [-0.05, 0) is 61.3 Å². The van der Waals surface area contributed by atoms with Crippen LogP contribution in [0.1, 0.15) is 75.2 Å². The topological polar surface area (TPSA) is 6.48 Å². The van der Waals surface area contributed by atoms with Crippen molar-refractivity contribution >= 4 is 23.9 Å². The number of hydrogen-bond acceptors (Lipinski definition) is 4. The molecule has 4 heteroatoms. The van der Waals surface area contributed by atoms with Crippen LogP contribution in [0, 0.1) is 0 Å². The van der Waals surface area contributed by atoms with E-state index in [0.29, 0.717) is 28.7 Å². The minimum absolute atomic E-state index is 0.558. The number of nitrogens with zero attached hydrogens (tertiary/aromatic N) is 2. The molecular weight excluding hydrogens is 284 g/mol. The van der Waals surface area contributed by atoms with Crippen LogP contribution >= 0.6 is 23.9 Å². The standard InChI is InChI=1S/C16H36N2S2/c1-10-14(7)17(12(3)4)19-16(9)20-18(13(5)6)15(8)11-2/h12-16H,10-11H2,1-9H3. The van der Waals surface area contributed by atoms with Gasteiger partial charge in [-0.1, -0.05) is 37.7 Å². The maximum absolute atomic E-state index is 2.56. The van der Waals surface area contributed by atoms with E-state index in [9.17, 15) is 0 Å². The maximum atomic E-state index is 2.56. The van der Waals surface area contributed by atoms with E-state index in [0.717, 1.165) is 0 Å². The molecule has 0 radical (unpaired) electrons. The fourth-order valence-electron chi connectivity index (χ4n) is 2.19. The van der Waals surface area contributed by atoms with E-state index in [2.05, 4.69) is 70.9 Å². The van der Waals surface area contributed by atoms with Gasteiger partial charge in [0.2, 0.25) is 0 Å². The van der Waals surface area contributed by atoms with Gasteiger partial charge in [0, 0.05) is 24.2 Å². The van der Waals surface area contributed by atoms with Crippen molar-refractivity contribution in [3.63, 3.8) is 0 Å². The summed E-state index contributed by atoms with van der Waals surface area (Å²) in [6.07, 6.45) is 2.42. The molecule has 2 atom stereocenters. The Bertz CT molecular complexity index is 223. The second kappa shape index (κ2) is 10.4. The van der Waals surface area contributed by atoms with Crippen LogP contribution in [0.3, 0.4) is 0 Å². The third-order valence-corrected chi connectivity index (χ3v) is 6.77. The van der Waals surface area contributed by atoms with Gasteiger partial charge in [-0.25, -0.2) is 8.61 Å². The molecule has 0 aromatic rings. The molecule has 0 aliphatic heterocycles. The molecular formula is C16H36N2S2. The van der Waals surface area contributed by atoms with Crippen molar-refractivity contribution in [2.45, 2.75) is 104 Å². The highest BCUT2D eigenvalue weighted by molar-refractivity contribution is 8.14. The molecule has 20 heavy (non-hydrogen) atoms. The number of hydrogen-bond donors (Lipinski definition) is 0. The van der Waals surface area contributed by atoms with E-state index in [4.69, 9.17) is 0 Å². The lowest BCUT2D eigenvalue weighted by Gasteiger charge is -2.37. The minimum Gasteiger partial charge on any atom is -0.244 e. The van der Waals surface area contributed by atoms with E-state index >= 15 is 0 Å². The summed E-state index contributed by atoms with van der Waals surface area (Å²) in [6.45, 7) is 20.7. The van der Waals surface area contributed by atoms with Crippen LogP contribution in [-0.2, 0) is 0 Å². The van der Waals surface area contributed by atoms with E-state index in [1.165, 1.54) is 12.8 Å². The second-order valence-electron chi connectivity index (χ2n) is 6.20. The van der Waals surface area contributed by atoms with Gasteiger partial charge in [-0.15, -0.1) is 0 Å². The van der Waals surface area contributed by atoms with Crippen LogP contribution in [0.15, 0.2) is 0 Å². The molecule has 0 fully saturated rings. The summed E-state index contributed by atoms with van der Waals surface area (Å²) in [4.78, 5) is 0. The summed E-state index contributed by atoms with van der Waals surface area (Å²) < 4.78 is 5.68. The highest BCUT2D eigenvalue weighted by Gasteiger charge is 2.24. The van der Waals surface area contributed by atoms with Crippen molar-refractivity contribution in [2.75, 3.05) is 0 Å². The van der Waals surface area contributed by atoms with Crippen LogP contribution in [-0.4, -0.2) is 37.4 Å². The third kappa shape index (κ3) is 7.06. The molecule has 0 aliphatic rings. The average Bonchev–Trinajstić information content (AvgIpc) is 2.39. The fraction of sp³-hybridized carbons (Fsp3) is 1.00. The van der Waals surface area contributed by atoms with E-state index in [-0.39, 0.29) is 0 Å². The molecule has 0 amide bonds.